The van der Waals surface area contributed by atoms with Crippen molar-refractivity contribution in [3.63, 3.8) is 0 Å². The van der Waals surface area contributed by atoms with Crippen molar-refractivity contribution in [3.05, 3.63) is 59.1 Å². The normalized spacial score (nSPS) is 12.0. The summed E-state index contributed by atoms with van der Waals surface area (Å²) >= 11 is 0. The first kappa shape index (κ1) is 15.8. The van der Waals surface area contributed by atoms with Crippen LogP contribution in [0.15, 0.2) is 52.1 Å². The van der Waals surface area contributed by atoms with E-state index >= 15 is 0 Å². The van der Waals surface area contributed by atoms with Crippen LogP contribution in [0.4, 0.5) is 0 Å². The van der Waals surface area contributed by atoms with Gasteiger partial charge >= 0.3 is 0 Å². The third-order valence-electron chi connectivity index (χ3n) is 3.45. The molecule has 114 valence electrons. The largest absolute Gasteiger partial charge is 0.512 e. The van der Waals surface area contributed by atoms with Crippen molar-refractivity contribution in [1.29, 1.82) is 0 Å². The fraction of sp³-hybridized carbons (Fsp3) is 0.222. The summed E-state index contributed by atoms with van der Waals surface area (Å²) in [6.45, 7) is 4.28. The lowest BCUT2D eigenvalue weighted by molar-refractivity contribution is -0.113. The molecule has 22 heavy (non-hydrogen) atoms. The Morgan fingerprint density at radius 3 is 2.23 bits per heavy atom. The summed E-state index contributed by atoms with van der Waals surface area (Å²) in [5.74, 6) is 0.524. The molecular weight excluding hydrogens is 280 g/mol. The minimum atomic E-state index is -0.243. The number of aliphatic hydroxyl groups is 1. The van der Waals surface area contributed by atoms with E-state index in [1.807, 2.05) is 30.3 Å². The van der Waals surface area contributed by atoms with Gasteiger partial charge < -0.3 is 9.52 Å². The van der Waals surface area contributed by atoms with E-state index in [4.69, 9.17) is 4.42 Å². The van der Waals surface area contributed by atoms with Gasteiger partial charge in [0.05, 0.1) is 11.3 Å². The van der Waals surface area contributed by atoms with Crippen molar-refractivity contribution in [2.75, 3.05) is 0 Å². The number of allylic oxidation sites excluding steroid dienone is 2. The number of carbonyl (C=O) groups is 2. The maximum atomic E-state index is 11.8. The van der Waals surface area contributed by atoms with Gasteiger partial charge in [-0.25, -0.2) is 0 Å². The maximum Gasteiger partial charge on any atom is 0.163 e. The predicted molar refractivity (Wildman–Crippen MR) is 83.9 cm³/mol. The third-order valence-corrected chi connectivity index (χ3v) is 3.45. The van der Waals surface area contributed by atoms with Crippen molar-refractivity contribution in [3.8, 4) is 11.3 Å². The second kappa shape index (κ2) is 6.43. The number of aliphatic hydroxyl groups excluding tert-OH is 1. The van der Waals surface area contributed by atoms with Crippen LogP contribution in [-0.2, 0) is 11.2 Å². The number of hydrogen-bond acceptors (Lipinski definition) is 4. The lowest BCUT2D eigenvalue weighted by Crippen LogP contribution is -2.06. The molecule has 0 saturated carbocycles. The summed E-state index contributed by atoms with van der Waals surface area (Å²) in [5, 5.41) is 9.63. The molecule has 1 heterocycles. The molecule has 0 aliphatic carbocycles. The average Bonchev–Trinajstić information content (AvgIpc) is 2.89. The molecular formula is C18H18O4. The summed E-state index contributed by atoms with van der Waals surface area (Å²) in [7, 11) is 0. The Morgan fingerprint density at radius 2 is 1.73 bits per heavy atom. The Bertz CT molecular complexity index is 732. The van der Waals surface area contributed by atoms with Crippen molar-refractivity contribution >= 4 is 11.6 Å². The molecule has 0 saturated heterocycles. The Balaban J connectivity index is 2.47. The second-order valence-electron chi connectivity index (χ2n) is 5.17. The lowest BCUT2D eigenvalue weighted by atomic mass is 10.0. The standard InChI is InChI=1S/C18H18O4/c1-11(19)15(12(2)20)9-18-16(13(3)21)10-17(22-18)14-7-5-4-6-8-14/h4-8,10,19H,9H2,1-3H3/b15-11-. The van der Waals surface area contributed by atoms with Crippen LogP contribution in [-0.4, -0.2) is 16.7 Å². The molecule has 1 aromatic heterocycles. The number of carbonyl (C=O) groups excluding carboxylic acids is 2. The van der Waals surface area contributed by atoms with Crippen molar-refractivity contribution in [2.24, 2.45) is 0 Å². The lowest BCUT2D eigenvalue weighted by Gasteiger charge is -2.04. The quantitative estimate of drug-likeness (QED) is 0.512. The van der Waals surface area contributed by atoms with Crippen molar-refractivity contribution < 1.29 is 19.1 Å². The van der Waals surface area contributed by atoms with E-state index in [-0.39, 0.29) is 29.3 Å². The number of furan rings is 1. The first-order valence-corrected chi connectivity index (χ1v) is 6.99. The molecule has 0 spiro atoms. The summed E-state index contributed by atoms with van der Waals surface area (Å²) in [4.78, 5) is 23.4. The van der Waals surface area contributed by atoms with Gasteiger partial charge in [0, 0.05) is 17.6 Å². The molecule has 1 aromatic carbocycles. The first-order valence-electron chi connectivity index (χ1n) is 6.99. The monoisotopic (exact) mass is 298 g/mol. The SMILES string of the molecule is CC(=O)/C(Cc1oc(-c2ccccc2)cc1C(C)=O)=C(/C)O. The molecule has 0 bridgehead atoms. The Kier molecular flexibility index (Phi) is 4.61. The fourth-order valence-electron chi connectivity index (χ4n) is 2.27. The highest BCUT2D eigenvalue weighted by atomic mass is 16.3. The smallest absolute Gasteiger partial charge is 0.163 e. The summed E-state index contributed by atoms with van der Waals surface area (Å²) in [5.41, 5.74) is 1.53. The number of hydrogen-bond donors (Lipinski definition) is 1. The van der Waals surface area contributed by atoms with Gasteiger partial charge in [0.1, 0.15) is 11.5 Å². The van der Waals surface area contributed by atoms with E-state index in [1.54, 1.807) is 6.07 Å². The molecule has 0 radical (unpaired) electrons. The minimum Gasteiger partial charge on any atom is -0.512 e. The summed E-state index contributed by atoms with van der Waals surface area (Å²) in [6, 6.07) is 11.1. The van der Waals surface area contributed by atoms with E-state index in [0.29, 0.717) is 17.1 Å². The van der Waals surface area contributed by atoms with Gasteiger partial charge in [0.2, 0.25) is 0 Å². The number of benzene rings is 1. The van der Waals surface area contributed by atoms with Crippen molar-refractivity contribution in [1.82, 2.24) is 0 Å². The highest BCUT2D eigenvalue weighted by Crippen LogP contribution is 2.28. The maximum absolute atomic E-state index is 11.8. The van der Waals surface area contributed by atoms with E-state index in [2.05, 4.69) is 0 Å². The molecule has 0 atom stereocenters. The van der Waals surface area contributed by atoms with Gasteiger partial charge in [-0.15, -0.1) is 0 Å². The Labute approximate surface area is 129 Å². The van der Waals surface area contributed by atoms with Crippen molar-refractivity contribution in [2.45, 2.75) is 27.2 Å². The molecule has 0 aliphatic heterocycles. The van der Waals surface area contributed by atoms with Crippen LogP contribution in [0.2, 0.25) is 0 Å². The van der Waals surface area contributed by atoms with Crippen LogP contribution in [0.5, 0.6) is 0 Å². The average molecular weight is 298 g/mol. The van der Waals surface area contributed by atoms with Gasteiger partial charge in [-0.2, -0.15) is 0 Å². The number of ketones is 2. The summed E-state index contributed by atoms with van der Waals surface area (Å²) < 4.78 is 5.77. The Morgan fingerprint density at radius 1 is 1.09 bits per heavy atom. The van der Waals surface area contributed by atoms with E-state index in [0.717, 1.165) is 5.56 Å². The van der Waals surface area contributed by atoms with Gasteiger partial charge in [-0.1, -0.05) is 30.3 Å². The van der Waals surface area contributed by atoms with Crippen LogP contribution in [0.25, 0.3) is 11.3 Å². The van der Waals surface area contributed by atoms with Crippen LogP contribution >= 0.6 is 0 Å². The zero-order chi connectivity index (χ0) is 16.3. The van der Waals surface area contributed by atoms with Gasteiger partial charge in [0.15, 0.2) is 11.6 Å². The molecule has 0 amide bonds. The van der Waals surface area contributed by atoms with E-state index < -0.39 is 0 Å². The molecule has 0 aliphatic rings. The van der Waals surface area contributed by atoms with Gasteiger partial charge in [0.25, 0.3) is 0 Å². The number of rotatable bonds is 5. The fourth-order valence-corrected chi connectivity index (χ4v) is 2.27. The molecule has 1 N–H and O–H groups in total. The van der Waals surface area contributed by atoms with Crippen LogP contribution < -0.4 is 0 Å². The van der Waals surface area contributed by atoms with Crippen LogP contribution in [0, 0.1) is 0 Å². The third kappa shape index (κ3) is 3.34. The predicted octanol–water partition coefficient (Wildman–Crippen LogP) is 4.11. The Hall–Kier alpha value is -2.62. The second-order valence-corrected chi connectivity index (χ2v) is 5.17. The molecule has 2 aromatic rings. The zero-order valence-electron chi connectivity index (χ0n) is 12.8. The minimum absolute atomic E-state index is 0.0559. The topological polar surface area (TPSA) is 67.5 Å². The van der Waals surface area contributed by atoms with Gasteiger partial charge in [-0.05, 0) is 26.8 Å². The molecule has 0 unspecified atom stereocenters. The molecule has 4 heteroatoms. The number of Topliss-reactive ketones (excluding diaryl/α,β-unsaturated/α-hetero) is 2. The molecule has 4 nitrogen and oxygen atoms in total. The molecule has 0 fully saturated rings. The first-order chi connectivity index (χ1) is 10.4. The highest BCUT2D eigenvalue weighted by molar-refractivity contribution is 5.98. The van der Waals surface area contributed by atoms with Gasteiger partial charge in [-0.3, -0.25) is 9.59 Å². The molecule has 2 rings (SSSR count). The van der Waals surface area contributed by atoms with Crippen LogP contribution in [0.1, 0.15) is 36.9 Å². The highest BCUT2D eigenvalue weighted by Gasteiger charge is 2.19. The van der Waals surface area contributed by atoms with Crippen LogP contribution in [0.3, 0.4) is 0 Å². The summed E-state index contributed by atoms with van der Waals surface area (Å²) in [6.07, 6.45) is 0.0966. The van der Waals surface area contributed by atoms with E-state index in [1.165, 1.54) is 20.8 Å². The zero-order valence-corrected chi connectivity index (χ0v) is 12.8. The van der Waals surface area contributed by atoms with E-state index in [9.17, 15) is 14.7 Å².